The zero-order valence-electron chi connectivity index (χ0n) is 21.0. The molecule has 8 nitrogen and oxygen atoms in total. The maximum absolute atomic E-state index is 14.1. The van der Waals surface area contributed by atoms with Crippen molar-refractivity contribution in [1.82, 2.24) is 9.80 Å². The molecule has 0 radical (unpaired) electrons. The fourth-order valence-electron chi connectivity index (χ4n) is 6.28. The molecule has 1 spiro atoms. The Labute approximate surface area is 203 Å². The molecular weight excluding hydrogens is 436 g/mol. The third-order valence-corrected chi connectivity index (χ3v) is 7.75. The van der Waals surface area contributed by atoms with E-state index in [2.05, 4.69) is 13.5 Å². The summed E-state index contributed by atoms with van der Waals surface area (Å²) >= 11 is 0. The van der Waals surface area contributed by atoms with E-state index in [9.17, 15) is 14.4 Å². The fraction of sp³-hybridized carbons (Fsp3) is 0.808. The van der Waals surface area contributed by atoms with Crippen molar-refractivity contribution in [3.8, 4) is 0 Å². The first-order valence-electron chi connectivity index (χ1n) is 13.0. The van der Waals surface area contributed by atoms with E-state index in [4.69, 9.17) is 14.6 Å². The maximum Gasteiger partial charge on any atom is 0.312 e. The lowest BCUT2D eigenvalue weighted by Crippen LogP contribution is -2.57. The summed E-state index contributed by atoms with van der Waals surface area (Å²) in [5.74, 6) is -2.01. The Balaban J connectivity index is 1.94. The predicted octanol–water partition coefficient (Wildman–Crippen LogP) is 2.68. The normalized spacial score (nSPS) is 30.4. The standard InChI is InChI=1S/C26H42N2O6/c1-5-12-18(4)27(15-6-2)24(31)22-26-14-13-19(34-26)20(25(32)33-7-3)21(26)23(30)28(22)16-10-8-9-11-17-29/h6,18-22,29H,2,5,7-17H2,1,3-4H3/t18?,19-,20+,21-,22?,26?/m0/s1. The summed E-state index contributed by atoms with van der Waals surface area (Å²) in [6, 6.07) is -0.738. The van der Waals surface area contributed by atoms with Gasteiger partial charge in [0.05, 0.1) is 24.5 Å². The highest BCUT2D eigenvalue weighted by molar-refractivity contribution is 5.98. The molecule has 6 atom stereocenters. The van der Waals surface area contributed by atoms with Crippen molar-refractivity contribution in [3.63, 3.8) is 0 Å². The van der Waals surface area contributed by atoms with Crippen LogP contribution in [0, 0.1) is 11.8 Å². The Morgan fingerprint density at radius 2 is 2.06 bits per heavy atom. The van der Waals surface area contributed by atoms with Gasteiger partial charge < -0.3 is 24.4 Å². The zero-order valence-corrected chi connectivity index (χ0v) is 21.0. The topological polar surface area (TPSA) is 96.4 Å². The lowest BCUT2D eigenvalue weighted by atomic mass is 9.70. The van der Waals surface area contributed by atoms with Crippen molar-refractivity contribution in [2.75, 3.05) is 26.3 Å². The van der Waals surface area contributed by atoms with Gasteiger partial charge in [-0.25, -0.2) is 0 Å². The minimum absolute atomic E-state index is 0.00640. The van der Waals surface area contributed by atoms with Crippen LogP contribution in [0.5, 0.6) is 0 Å². The smallest absolute Gasteiger partial charge is 0.312 e. The van der Waals surface area contributed by atoms with Gasteiger partial charge in [0.15, 0.2) is 0 Å². The fourth-order valence-corrected chi connectivity index (χ4v) is 6.28. The van der Waals surface area contributed by atoms with Crippen LogP contribution >= 0.6 is 0 Å². The van der Waals surface area contributed by atoms with Gasteiger partial charge >= 0.3 is 5.97 Å². The van der Waals surface area contributed by atoms with Crippen LogP contribution < -0.4 is 0 Å². The summed E-state index contributed by atoms with van der Waals surface area (Å²) in [6.45, 7) is 11.0. The quantitative estimate of drug-likeness (QED) is 0.234. The summed E-state index contributed by atoms with van der Waals surface area (Å²) in [7, 11) is 0. The van der Waals surface area contributed by atoms with Gasteiger partial charge in [0, 0.05) is 25.7 Å². The third kappa shape index (κ3) is 4.76. The average molecular weight is 479 g/mol. The van der Waals surface area contributed by atoms with E-state index >= 15 is 0 Å². The molecule has 192 valence electrons. The number of carbonyl (C=O) groups is 3. The van der Waals surface area contributed by atoms with Crippen LogP contribution in [0.1, 0.15) is 72.1 Å². The number of carbonyl (C=O) groups excluding carboxylic acids is 3. The molecule has 0 aromatic carbocycles. The zero-order chi connectivity index (χ0) is 24.9. The second-order valence-electron chi connectivity index (χ2n) is 9.89. The number of amides is 2. The monoisotopic (exact) mass is 478 g/mol. The van der Waals surface area contributed by atoms with Crippen molar-refractivity contribution in [1.29, 1.82) is 0 Å². The molecule has 0 aromatic rings. The molecule has 2 bridgehead atoms. The van der Waals surface area contributed by atoms with Gasteiger partial charge in [0.1, 0.15) is 11.6 Å². The molecule has 34 heavy (non-hydrogen) atoms. The molecule has 2 amide bonds. The van der Waals surface area contributed by atoms with Gasteiger partial charge in [0.25, 0.3) is 0 Å². The highest BCUT2D eigenvalue weighted by Gasteiger charge is 2.75. The Bertz CT molecular complexity index is 758. The number of rotatable bonds is 14. The van der Waals surface area contributed by atoms with Crippen molar-refractivity contribution in [2.45, 2.75) is 95.9 Å². The van der Waals surface area contributed by atoms with E-state index in [-0.39, 0.29) is 37.2 Å². The first-order chi connectivity index (χ1) is 16.4. The Kier molecular flexibility index (Phi) is 9.15. The lowest BCUT2D eigenvalue weighted by molar-refractivity contribution is -0.155. The van der Waals surface area contributed by atoms with Gasteiger partial charge in [0.2, 0.25) is 11.8 Å². The summed E-state index contributed by atoms with van der Waals surface area (Å²) in [4.78, 5) is 44.3. The molecule has 0 saturated carbocycles. The van der Waals surface area contributed by atoms with Crippen LogP contribution in [-0.4, -0.2) is 82.8 Å². The Morgan fingerprint density at radius 1 is 1.32 bits per heavy atom. The van der Waals surface area contributed by atoms with Gasteiger partial charge in [-0.3, -0.25) is 14.4 Å². The van der Waals surface area contributed by atoms with Gasteiger partial charge in [-0.2, -0.15) is 0 Å². The molecule has 3 heterocycles. The largest absolute Gasteiger partial charge is 0.466 e. The highest BCUT2D eigenvalue weighted by Crippen LogP contribution is 2.58. The predicted molar refractivity (Wildman–Crippen MR) is 128 cm³/mol. The summed E-state index contributed by atoms with van der Waals surface area (Å²) < 4.78 is 11.8. The number of aliphatic hydroxyl groups is 1. The van der Waals surface area contributed by atoms with Crippen LogP contribution in [0.25, 0.3) is 0 Å². The van der Waals surface area contributed by atoms with Gasteiger partial charge in [-0.1, -0.05) is 32.3 Å². The number of hydrogen-bond donors (Lipinski definition) is 1. The molecule has 0 aromatic heterocycles. The number of esters is 1. The van der Waals surface area contributed by atoms with Crippen LogP contribution in [-0.2, 0) is 23.9 Å². The molecule has 0 aliphatic carbocycles. The third-order valence-electron chi connectivity index (χ3n) is 7.75. The summed E-state index contributed by atoms with van der Waals surface area (Å²) in [5.41, 5.74) is -0.979. The van der Waals surface area contributed by atoms with Gasteiger partial charge in [-0.15, -0.1) is 6.58 Å². The molecular formula is C26H42N2O6. The highest BCUT2D eigenvalue weighted by atomic mass is 16.6. The minimum Gasteiger partial charge on any atom is -0.466 e. The van der Waals surface area contributed by atoms with Crippen molar-refractivity contribution in [2.24, 2.45) is 11.8 Å². The number of hydrogen-bond acceptors (Lipinski definition) is 6. The number of ether oxygens (including phenoxy) is 2. The molecule has 8 heteroatoms. The van der Waals surface area contributed by atoms with E-state index in [1.54, 1.807) is 17.9 Å². The first-order valence-corrected chi connectivity index (χ1v) is 13.0. The van der Waals surface area contributed by atoms with E-state index in [1.165, 1.54) is 0 Å². The molecule has 3 unspecified atom stereocenters. The minimum atomic E-state index is -0.979. The number of aliphatic hydroxyl groups excluding tert-OH is 1. The van der Waals surface area contributed by atoms with E-state index < -0.39 is 29.4 Å². The van der Waals surface area contributed by atoms with Crippen LogP contribution in [0.15, 0.2) is 12.7 Å². The maximum atomic E-state index is 14.1. The van der Waals surface area contributed by atoms with Crippen molar-refractivity contribution in [3.05, 3.63) is 12.7 Å². The van der Waals surface area contributed by atoms with Crippen LogP contribution in [0.4, 0.5) is 0 Å². The summed E-state index contributed by atoms with van der Waals surface area (Å²) in [6.07, 6.45) is 7.56. The second kappa shape index (κ2) is 11.7. The first kappa shape index (κ1) is 26.7. The molecule has 3 rings (SSSR count). The van der Waals surface area contributed by atoms with E-state index in [1.807, 2.05) is 11.8 Å². The van der Waals surface area contributed by atoms with Crippen LogP contribution in [0.3, 0.4) is 0 Å². The molecule has 3 saturated heterocycles. The molecule has 3 aliphatic heterocycles. The van der Waals surface area contributed by atoms with E-state index in [0.29, 0.717) is 25.9 Å². The molecule has 3 aliphatic rings. The molecule has 3 fully saturated rings. The Morgan fingerprint density at radius 3 is 2.71 bits per heavy atom. The van der Waals surface area contributed by atoms with Gasteiger partial charge in [-0.05, 0) is 46.0 Å². The number of unbranched alkanes of at least 4 members (excludes halogenated alkanes) is 3. The van der Waals surface area contributed by atoms with Crippen LogP contribution in [0.2, 0.25) is 0 Å². The second-order valence-corrected chi connectivity index (χ2v) is 9.89. The average Bonchev–Trinajstić information content (AvgIpc) is 3.45. The Hall–Kier alpha value is -1.93. The molecule has 1 N–H and O–H groups in total. The number of likely N-dealkylation sites (tertiary alicyclic amines) is 1. The lowest BCUT2D eigenvalue weighted by Gasteiger charge is -2.39. The van der Waals surface area contributed by atoms with E-state index in [0.717, 1.165) is 38.5 Å². The SMILES string of the molecule is C=CCN(C(=O)C1N(CCCCCCO)C(=O)[C@@H]2[C@H](C(=O)OCC)[C@@H]3CCC12O3)C(C)CCC. The van der Waals surface area contributed by atoms with Crippen molar-refractivity contribution < 1.29 is 29.0 Å². The number of fused-ring (bicyclic) bond motifs is 1. The van der Waals surface area contributed by atoms with Crippen molar-refractivity contribution >= 4 is 17.8 Å². The summed E-state index contributed by atoms with van der Waals surface area (Å²) in [5, 5.41) is 9.06. The number of nitrogens with zero attached hydrogens (tertiary/aromatic N) is 2.